The van der Waals surface area contributed by atoms with Gasteiger partial charge in [-0.25, -0.2) is 13.6 Å². The van der Waals surface area contributed by atoms with E-state index in [-0.39, 0.29) is 10.9 Å². The number of rotatable bonds is 5. The van der Waals surface area contributed by atoms with E-state index in [1.54, 1.807) is 18.2 Å². The number of hydrogen-bond acceptors (Lipinski definition) is 3. The van der Waals surface area contributed by atoms with E-state index in [2.05, 4.69) is 5.32 Å². The van der Waals surface area contributed by atoms with Crippen LogP contribution >= 0.6 is 0 Å². The molecule has 0 aromatic heterocycles. The Labute approximate surface area is 119 Å². The monoisotopic (exact) mass is 290 g/mol. The van der Waals surface area contributed by atoms with Crippen LogP contribution in [0.1, 0.15) is 17.2 Å². The number of sulfonamides is 1. The molecule has 2 aromatic rings. The Hall–Kier alpha value is -1.69. The van der Waals surface area contributed by atoms with Gasteiger partial charge >= 0.3 is 0 Å². The van der Waals surface area contributed by atoms with Crippen LogP contribution in [-0.2, 0) is 16.4 Å². The van der Waals surface area contributed by atoms with Crippen LogP contribution in [0.3, 0.4) is 0 Å². The normalized spacial score (nSPS) is 13.1. The van der Waals surface area contributed by atoms with Gasteiger partial charge in [-0.05, 0) is 30.7 Å². The van der Waals surface area contributed by atoms with E-state index in [0.717, 1.165) is 11.1 Å². The lowest BCUT2D eigenvalue weighted by atomic mass is 9.99. The summed E-state index contributed by atoms with van der Waals surface area (Å²) in [6, 6.07) is 16.8. The van der Waals surface area contributed by atoms with Crippen LogP contribution in [0, 0.1) is 0 Å². The third kappa shape index (κ3) is 3.45. The molecular formula is C15H18N2O2S. The summed E-state index contributed by atoms with van der Waals surface area (Å²) in [6.45, 7) is 0. The van der Waals surface area contributed by atoms with E-state index in [9.17, 15) is 8.42 Å². The van der Waals surface area contributed by atoms with Crippen molar-refractivity contribution < 1.29 is 8.42 Å². The number of likely N-dealkylation sites (N-methyl/N-ethyl adjacent to an activating group) is 1. The molecule has 0 fully saturated rings. The van der Waals surface area contributed by atoms with Crippen LogP contribution < -0.4 is 10.5 Å². The molecule has 0 aliphatic rings. The van der Waals surface area contributed by atoms with Crippen molar-refractivity contribution >= 4 is 10.0 Å². The Morgan fingerprint density at radius 3 is 2.25 bits per heavy atom. The van der Waals surface area contributed by atoms with Crippen LogP contribution in [0.2, 0.25) is 0 Å². The van der Waals surface area contributed by atoms with Crippen molar-refractivity contribution in [1.82, 2.24) is 5.32 Å². The SMILES string of the molecule is CNC(Cc1ccccc1S(N)(=O)=O)c1ccccc1. The summed E-state index contributed by atoms with van der Waals surface area (Å²) in [5.74, 6) is 0. The van der Waals surface area contributed by atoms with Crippen LogP contribution in [0.5, 0.6) is 0 Å². The molecule has 0 saturated heterocycles. The summed E-state index contributed by atoms with van der Waals surface area (Å²) in [5, 5.41) is 8.48. The molecule has 2 rings (SSSR count). The van der Waals surface area contributed by atoms with Gasteiger partial charge in [0, 0.05) is 6.04 Å². The van der Waals surface area contributed by atoms with Crippen molar-refractivity contribution in [3.63, 3.8) is 0 Å². The Kier molecular flexibility index (Phi) is 4.54. The number of hydrogen-bond donors (Lipinski definition) is 2. The van der Waals surface area contributed by atoms with E-state index in [1.165, 1.54) is 0 Å². The molecule has 0 amide bonds. The predicted molar refractivity (Wildman–Crippen MR) is 79.8 cm³/mol. The smallest absolute Gasteiger partial charge is 0.238 e. The molecule has 5 heteroatoms. The minimum absolute atomic E-state index is 0.0408. The Morgan fingerprint density at radius 2 is 1.65 bits per heavy atom. The largest absolute Gasteiger partial charge is 0.313 e. The fraction of sp³-hybridized carbons (Fsp3) is 0.200. The van der Waals surface area contributed by atoms with Gasteiger partial charge in [0.05, 0.1) is 4.90 Å². The lowest BCUT2D eigenvalue weighted by molar-refractivity contribution is 0.578. The molecule has 0 spiro atoms. The van der Waals surface area contributed by atoms with Gasteiger partial charge in [0.1, 0.15) is 0 Å². The molecule has 3 N–H and O–H groups in total. The maximum atomic E-state index is 11.6. The highest BCUT2D eigenvalue weighted by Gasteiger charge is 2.17. The highest BCUT2D eigenvalue weighted by molar-refractivity contribution is 7.89. The summed E-state index contributed by atoms with van der Waals surface area (Å²) in [6.07, 6.45) is 0.563. The number of nitrogens with one attached hydrogen (secondary N) is 1. The third-order valence-corrected chi connectivity index (χ3v) is 4.26. The maximum absolute atomic E-state index is 11.6. The Balaban J connectivity index is 2.34. The van der Waals surface area contributed by atoms with Gasteiger partial charge in [0.15, 0.2) is 0 Å². The second-order valence-electron chi connectivity index (χ2n) is 4.61. The quantitative estimate of drug-likeness (QED) is 0.882. The fourth-order valence-electron chi connectivity index (χ4n) is 2.24. The molecule has 0 heterocycles. The topological polar surface area (TPSA) is 72.2 Å². The number of primary sulfonamides is 1. The van der Waals surface area contributed by atoms with Crippen LogP contribution in [0.25, 0.3) is 0 Å². The van der Waals surface area contributed by atoms with Gasteiger partial charge in [0.2, 0.25) is 10.0 Å². The molecule has 20 heavy (non-hydrogen) atoms. The predicted octanol–water partition coefficient (Wildman–Crippen LogP) is 1.84. The van der Waals surface area contributed by atoms with Gasteiger partial charge in [-0.3, -0.25) is 0 Å². The van der Waals surface area contributed by atoms with E-state index in [4.69, 9.17) is 5.14 Å². The summed E-state index contributed by atoms with van der Waals surface area (Å²) in [7, 11) is -1.84. The molecule has 106 valence electrons. The molecule has 0 saturated carbocycles. The highest BCUT2D eigenvalue weighted by atomic mass is 32.2. The van der Waals surface area contributed by atoms with Crippen molar-refractivity contribution in [3.8, 4) is 0 Å². The van der Waals surface area contributed by atoms with Crippen molar-refractivity contribution in [1.29, 1.82) is 0 Å². The zero-order valence-electron chi connectivity index (χ0n) is 11.3. The molecule has 4 nitrogen and oxygen atoms in total. The second-order valence-corrected chi connectivity index (χ2v) is 6.14. The van der Waals surface area contributed by atoms with Crippen molar-refractivity contribution in [2.45, 2.75) is 17.4 Å². The van der Waals surface area contributed by atoms with Crippen LogP contribution in [0.15, 0.2) is 59.5 Å². The molecule has 0 aliphatic carbocycles. The van der Waals surface area contributed by atoms with E-state index in [1.807, 2.05) is 43.4 Å². The summed E-state index contributed by atoms with van der Waals surface area (Å²) in [5.41, 5.74) is 1.83. The average molecular weight is 290 g/mol. The molecule has 1 atom stereocenters. The summed E-state index contributed by atoms with van der Waals surface area (Å²) >= 11 is 0. The summed E-state index contributed by atoms with van der Waals surface area (Å²) < 4.78 is 23.2. The van der Waals surface area contributed by atoms with Gasteiger partial charge in [-0.1, -0.05) is 48.5 Å². The van der Waals surface area contributed by atoms with E-state index in [0.29, 0.717) is 6.42 Å². The fourth-order valence-corrected chi connectivity index (χ4v) is 3.03. The van der Waals surface area contributed by atoms with Gasteiger partial charge in [-0.15, -0.1) is 0 Å². The minimum atomic E-state index is -3.70. The summed E-state index contributed by atoms with van der Waals surface area (Å²) in [4.78, 5) is 0.191. The molecule has 0 bridgehead atoms. The van der Waals surface area contributed by atoms with E-state index < -0.39 is 10.0 Å². The first kappa shape index (κ1) is 14.7. The van der Waals surface area contributed by atoms with Gasteiger partial charge in [-0.2, -0.15) is 0 Å². The average Bonchev–Trinajstić information content (AvgIpc) is 2.45. The number of nitrogens with two attached hydrogens (primary N) is 1. The van der Waals surface area contributed by atoms with Crippen molar-refractivity contribution in [3.05, 3.63) is 65.7 Å². The standard InChI is InChI=1S/C15H18N2O2S/c1-17-14(12-7-3-2-4-8-12)11-13-9-5-6-10-15(13)20(16,18)19/h2-10,14,17H,11H2,1H3,(H2,16,18,19). The van der Waals surface area contributed by atoms with Crippen LogP contribution in [-0.4, -0.2) is 15.5 Å². The Bertz CT molecular complexity index is 669. The second kappa shape index (κ2) is 6.17. The zero-order chi connectivity index (χ0) is 14.6. The van der Waals surface area contributed by atoms with Crippen molar-refractivity contribution in [2.24, 2.45) is 5.14 Å². The minimum Gasteiger partial charge on any atom is -0.313 e. The van der Waals surface area contributed by atoms with E-state index >= 15 is 0 Å². The molecule has 0 radical (unpaired) electrons. The van der Waals surface area contributed by atoms with Gasteiger partial charge < -0.3 is 5.32 Å². The molecule has 1 unspecified atom stereocenters. The zero-order valence-corrected chi connectivity index (χ0v) is 12.1. The Morgan fingerprint density at radius 1 is 1.05 bits per heavy atom. The highest BCUT2D eigenvalue weighted by Crippen LogP contribution is 2.22. The molecular weight excluding hydrogens is 272 g/mol. The van der Waals surface area contributed by atoms with Crippen LogP contribution in [0.4, 0.5) is 0 Å². The first-order valence-corrected chi connectivity index (χ1v) is 7.90. The van der Waals surface area contributed by atoms with Gasteiger partial charge in [0.25, 0.3) is 0 Å². The molecule has 2 aromatic carbocycles. The lowest BCUT2D eigenvalue weighted by Gasteiger charge is -2.18. The van der Waals surface area contributed by atoms with Crippen molar-refractivity contribution in [2.75, 3.05) is 7.05 Å². The third-order valence-electron chi connectivity index (χ3n) is 3.25. The maximum Gasteiger partial charge on any atom is 0.238 e. The lowest BCUT2D eigenvalue weighted by Crippen LogP contribution is -2.21. The first-order chi connectivity index (χ1) is 9.52. The first-order valence-electron chi connectivity index (χ1n) is 6.35. The molecule has 0 aliphatic heterocycles. The number of benzene rings is 2.